The van der Waals surface area contributed by atoms with Crippen molar-refractivity contribution < 1.29 is 9.90 Å². The summed E-state index contributed by atoms with van der Waals surface area (Å²) in [7, 11) is 1.92. The lowest BCUT2D eigenvalue weighted by atomic mass is 10.4. The van der Waals surface area contributed by atoms with Crippen molar-refractivity contribution in [1.82, 2.24) is 9.97 Å². The van der Waals surface area contributed by atoms with E-state index in [1.54, 1.807) is 13.0 Å². The topological polar surface area (TPSA) is 78.4 Å². The molecule has 0 spiro atoms. The Balaban J connectivity index is 2.85. The molecule has 0 amide bonds. The third-order valence-electron chi connectivity index (χ3n) is 2.11. The summed E-state index contributed by atoms with van der Waals surface area (Å²) in [5.41, 5.74) is 0. The molecule has 0 unspecified atom stereocenters. The Hall–Kier alpha value is -1.85. The average molecular weight is 224 g/mol. The van der Waals surface area contributed by atoms with Crippen molar-refractivity contribution >= 4 is 17.6 Å². The lowest BCUT2D eigenvalue weighted by molar-refractivity contribution is -0.134. The number of hydrogen-bond acceptors (Lipinski definition) is 5. The van der Waals surface area contributed by atoms with Gasteiger partial charge in [0.1, 0.15) is 24.0 Å². The molecule has 1 aromatic rings. The van der Waals surface area contributed by atoms with E-state index in [4.69, 9.17) is 5.11 Å². The minimum absolute atomic E-state index is 0.147. The Bertz CT molecular complexity index is 381. The number of nitrogens with one attached hydrogen (secondary N) is 1. The summed E-state index contributed by atoms with van der Waals surface area (Å²) < 4.78 is 0. The van der Waals surface area contributed by atoms with Crippen LogP contribution in [0.5, 0.6) is 0 Å². The van der Waals surface area contributed by atoms with Crippen molar-refractivity contribution in [3.63, 3.8) is 0 Å². The van der Waals surface area contributed by atoms with E-state index < -0.39 is 5.97 Å². The number of hydrogen-bond donors (Lipinski definition) is 2. The van der Waals surface area contributed by atoms with Gasteiger partial charge in [-0.15, -0.1) is 0 Å². The molecule has 0 saturated carbocycles. The fourth-order valence-corrected chi connectivity index (χ4v) is 1.17. The van der Waals surface area contributed by atoms with Gasteiger partial charge in [0.05, 0.1) is 0 Å². The zero-order valence-electron chi connectivity index (χ0n) is 9.69. The Morgan fingerprint density at radius 2 is 2.25 bits per heavy atom. The third kappa shape index (κ3) is 3.38. The molecule has 0 atom stereocenters. The van der Waals surface area contributed by atoms with E-state index in [9.17, 15) is 4.79 Å². The fourth-order valence-electron chi connectivity index (χ4n) is 1.17. The molecule has 1 aromatic heterocycles. The van der Waals surface area contributed by atoms with Crippen molar-refractivity contribution in [3.8, 4) is 0 Å². The molecule has 6 nitrogen and oxygen atoms in total. The molecular formula is C10H16N4O2. The lowest BCUT2D eigenvalue weighted by Gasteiger charge is -2.16. The lowest BCUT2D eigenvalue weighted by Crippen LogP contribution is -2.19. The van der Waals surface area contributed by atoms with Gasteiger partial charge in [0.2, 0.25) is 0 Å². The first-order chi connectivity index (χ1) is 7.52. The predicted molar refractivity (Wildman–Crippen MR) is 61.8 cm³/mol. The second-order valence-corrected chi connectivity index (χ2v) is 3.42. The van der Waals surface area contributed by atoms with Gasteiger partial charge in [-0.25, -0.2) is 9.97 Å². The summed E-state index contributed by atoms with van der Waals surface area (Å²) in [6.07, 6.45) is 0. The maximum Gasteiger partial charge on any atom is 0.322 e. The average Bonchev–Trinajstić information content (AvgIpc) is 2.24. The predicted octanol–water partition coefficient (Wildman–Crippen LogP) is 0.738. The highest BCUT2D eigenvalue weighted by atomic mass is 16.4. The maximum absolute atomic E-state index is 10.4. The van der Waals surface area contributed by atoms with Crippen LogP contribution in [0.2, 0.25) is 0 Å². The summed E-state index contributed by atoms with van der Waals surface area (Å²) >= 11 is 0. The van der Waals surface area contributed by atoms with Crippen LogP contribution < -0.4 is 10.2 Å². The van der Waals surface area contributed by atoms with Crippen molar-refractivity contribution in [1.29, 1.82) is 0 Å². The van der Waals surface area contributed by atoms with Crippen LogP contribution >= 0.6 is 0 Å². The zero-order chi connectivity index (χ0) is 12.1. The van der Waals surface area contributed by atoms with Crippen LogP contribution in [0.25, 0.3) is 0 Å². The van der Waals surface area contributed by atoms with Gasteiger partial charge in [-0.05, 0) is 13.8 Å². The molecule has 0 aliphatic heterocycles. The Morgan fingerprint density at radius 3 is 2.81 bits per heavy atom. The molecule has 1 rings (SSSR count). The molecule has 0 radical (unpaired) electrons. The second kappa shape index (κ2) is 5.29. The van der Waals surface area contributed by atoms with Gasteiger partial charge in [0, 0.05) is 19.7 Å². The van der Waals surface area contributed by atoms with Gasteiger partial charge in [-0.2, -0.15) is 0 Å². The van der Waals surface area contributed by atoms with Crippen LogP contribution in [0, 0.1) is 6.92 Å². The first kappa shape index (κ1) is 12.2. The summed E-state index contributed by atoms with van der Waals surface area (Å²) in [5.74, 6) is 1.01. The number of nitrogens with zero attached hydrogens (tertiary/aromatic N) is 3. The van der Waals surface area contributed by atoms with E-state index in [1.807, 2.05) is 18.9 Å². The highest BCUT2D eigenvalue weighted by Crippen LogP contribution is 2.13. The van der Waals surface area contributed by atoms with Crippen molar-refractivity contribution in [2.45, 2.75) is 13.8 Å². The summed E-state index contributed by atoms with van der Waals surface area (Å²) in [4.78, 5) is 20.7. The Labute approximate surface area is 94.3 Å². The third-order valence-corrected chi connectivity index (χ3v) is 2.11. The van der Waals surface area contributed by atoms with Gasteiger partial charge in [-0.3, -0.25) is 4.79 Å². The number of carbonyl (C=O) groups is 1. The smallest absolute Gasteiger partial charge is 0.322 e. The number of aromatic nitrogens is 2. The number of aryl methyl sites for hydroxylation is 1. The van der Waals surface area contributed by atoms with Gasteiger partial charge >= 0.3 is 5.97 Å². The standard InChI is InChI=1S/C10H16N4O2/c1-4-14(3)9-5-8(11-6-10(15)16)12-7(2)13-9/h5H,4,6H2,1-3H3,(H,15,16)(H,11,12,13). The Kier molecular flexibility index (Phi) is 4.04. The van der Waals surface area contributed by atoms with E-state index >= 15 is 0 Å². The quantitative estimate of drug-likeness (QED) is 0.768. The fraction of sp³-hybridized carbons (Fsp3) is 0.500. The molecule has 0 aliphatic carbocycles. The number of rotatable bonds is 5. The summed E-state index contributed by atoms with van der Waals surface area (Å²) in [6.45, 7) is 4.47. The normalized spacial score (nSPS) is 9.94. The highest BCUT2D eigenvalue weighted by Gasteiger charge is 2.05. The molecule has 16 heavy (non-hydrogen) atoms. The van der Waals surface area contributed by atoms with Crippen LogP contribution in [0.3, 0.4) is 0 Å². The van der Waals surface area contributed by atoms with Crippen LogP contribution in [0.4, 0.5) is 11.6 Å². The number of aliphatic carboxylic acids is 1. The SMILES string of the molecule is CCN(C)c1cc(NCC(=O)O)nc(C)n1. The van der Waals surface area contributed by atoms with Crippen LogP contribution in [0.1, 0.15) is 12.7 Å². The molecular weight excluding hydrogens is 208 g/mol. The molecule has 0 bridgehead atoms. The van der Waals surface area contributed by atoms with Gasteiger partial charge in [0.15, 0.2) is 0 Å². The van der Waals surface area contributed by atoms with E-state index in [0.29, 0.717) is 11.6 Å². The number of anilines is 2. The molecule has 0 saturated heterocycles. The minimum Gasteiger partial charge on any atom is -0.480 e. The molecule has 0 aromatic carbocycles. The van der Waals surface area contributed by atoms with E-state index in [1.165, 1.54) is 0 Å². The van der Waals surface area contributed by atoms with E-state index in [0.717, 1.165) is 12.4 Å². The van der Waals surface area contributed by atoms with Crippen molar-refractivity contribution in [3.05, 3.63) is 11.9 Å². The minimum atomic E-state index is -0.915. The first-order valence-electron chi connectivity index (χ1n) is 5.05. The summed E-state index contributed by atoms with van der Waals surface area (Å²) in [6, 6.07) is 1.74. The van der Waals surface area contributed by atoms with Crippen molar-refractivity contribution in [2.75, 3.05) is 30.4 Å². The van der Waals surface area contributed by atoms with Crippen LogP contribution in [-0.2, 0) is 4.79 Å². The number of carboxylic acid groups (broad SMARTS) is 1. The van der Waals surface area contributed by atoms with E-state index in [2.05, 4.69) is 15.3 Å². The van der Waals surface area contributed by atoms with Gasteiger partial charge < -0.3 is 15.3 Å². The molecule has 6 heteroatoms. The van der Waals surface area contributed by atoms with Gasteiger partial charge in [-0.1, -0.05) is 0 Å². The summed E-state index contributed by atoms with van der Waals surface area (Å²) in [5, 5.41) is 11.3. The highest BCUT2D eigenvalue weighted by molar-refractivity contribution is 5.72. The number of carboxylic acids is 1. The maximum atomic E-state index is 10.4. The second-order valence-electron chi connectivity index (χ2n) is 3.42. The van der Waals surface area contributed by atoms with Gasteiger partial charge in [0.25, 0.3) is 0 Å². The molecule has 0 aliphatic rings. The van der Waals surface area contributed by atoms with Crippen LogP contribution in [0.15, 0.2) is 6.07 Å². The zero-order valence-corrected chi connectivity index (χ0v) is 9.69. The Morgan fingerprint density at radius 1 is 1.56 bits per heavy atom. The largest absolute Gasteiger partial charge is 0.480 e. The first-order valence-corrected chi connectivity index (χ1v) is 5.05. The molecule has 1 heterocycles. The molecule has 0 fully saturated rings. The van der Waals surface area contributed by atoms with E-state index in [-0.39, 0.29) is 6.54 Å². The molecule has 88 valence electrons. The molecule has 2 N–H and O–H groups in total. The monoisotopic (exact) mass is 224 g/mol. The van der Waals surface area contributed by atoms with Crippen LogP contribution in [-0.4, -0.2) is 41.2 Å². The van der Waals surface area contributed by atoms with Crippen molar-refractivity contribution in [2.24, 2.45) is 0 Å².